The van der Waals surface area contributed by atoms with Gasteiger partial charge >= 0.3 is 5.91 Å². The van der Waals surface area contributed by atoms with E-state index in [4.69, 9.17) is 13.6 Å². The lowest BCUT2D eigenvalue weighted by atomic mass is 10.0. The molecule has 2 aromatic heterocycles. The number of hydrazone groups is 1. The molecule has 0 aliphatic carbocycles. The molecule has 9 heteroatoms. The van der Waals surface area contributed by atoms with Crippen LogP contribution >= 0.6 is 0 Å². The maximum absolute atomic E-state index is 12.4. The number of nitrogens with zero attached hydrogens (tertiary/aromatic N) is 2. The Labute approximate surface area is 188 Å². The molecule has 1 amide bonds. The number of nitro groups is 1. The molecule has 0 aliphatic heterocycles. The van der Waals surface area contributed by atoms with Crippen molar-refractivity contribution in [3.8, 4) is 17.1 Å². The average Bonchev–Trinajstić information content (AvgIpc) is 3.42. The number of hydrogen-bond acceptors (Lipinski definition) is 7. The maximum Gasteiger partial charge on any atom is 0.307 e. The molecule has 33 heavy (non-hydrogen) atoms. The highest BCUT2D eigenvalue weighted by Gasteiger charge is 2.17. The van der Waals surface area contributed by atoms with E-state index in [1.165, 1.54) is 12.3 Å². The second-order valence-electron chi connectivity index (χ2n) is 7.34. The lowest BCUT2D eigenvalue weighted by molar-refractivity contribution is -0.385. The van der Waals surface area contributed by atoms with Crippen molar-refractivity contribution >= 4 is 28.8 Å². The number of aryl methyl sites for hydroxylation is 1. The quantitative estimate of drug-likeness (QED) is 0.231. The highest BCUT2D eigenvalue weighted by Crippen LogP contribution is 2.30. The van der Waals surface area contributed by atoms with Gasteiger partial charge in [-0.3, -0.25) is 14.9 Å². The lowest BCUT2D eigenvalue weighted by Gasteiger charge is -2.04. The molecular formula is C24H21N3O6. The summed E-state index contributed by atoms with van der Waals surface area (Å²) in [4.78, 5) is 23.2. The molecular weight excluding hydrogens is 426 g/mol. The van der Waals surface area contributed by atoms with Crippen LogP contribution in [0.3, 0.4) is 0 Å². The summed E-state index contributed by atoms with van der Waals surface area (Å²) in [6.45, 7) is 5.95. The highest BCUT2D eigenvalue weighted by atomic mass is 16.6. The average molecular weight is 447 g/mol. The smallest absolute Gasteiger partial charge is 0.307 e. The topological polar surface area (TPSA) is 120 Å². The Morgan fingerprint density at radius 3 is 2.73 bits per heavy atom. The third-order valence-electron chi connectivity index (χ3n) is 5.13. The van der Waals surface area contributed by atoms with E-state index in [1.807, 2.05) is 19.9 Å². The zero-order valence-corrected chi connectivity index (χ0v) is 18.2. The largest absolute Gasteiger partial charge is 0.494 e. The van der Waals surface area contributed by atoms with Gasteiger partial charge in [0.15, 0.2) is 5.76 Å². The summed E-state index contributed by atoms with van der Waals surface area (Å²) in [5.74, 6) is 1.11. The molecule has 9 nitrogen and oxygen atoms in total. The Morgan fingerprint density at radius 2 is 1.97 bits per heavy atom. The summed E-state index contributed by atoms with van der Waals surface area (Å²) < 4.78 is 16.7. The summed E-state index contributed by atoms with van der Waals surface area (Å²) in [7, 11) is 0. The molecule has 0 saturated heterocycles. The number of nitrogens with one attached hydrogen (secondary N) is 1. The van der Waals surface area contributed by atoms with E-state index >= 15 is 0 Å². The number of nitro benzene ring substituents is 1. The van der Waals surface area contributed by atoms with Crippen LogP contribution in [0, 0.1) is 24.0 Å². The molecule has 0 bridgehead atoms. The van der Waals surface area contributed by atoms with Crippen LogP contribution in [0.4, 0.5) is 5.69 Å². The molecule has 0 unspecified atom stereocenters. The minimum atomic E-state index is -0.517. The summed E-state index contributed by atoms with van der Waals surface area (Å²) in [6.07, 6.45) is 1.34. The number of ether oxygens (including phenoxy) is 1. The van der Waals surface area contributed by atoms with E-state index in [1.54, 1.807) is 43.3 Å². The van der Waals surface area contributed by atoms with Gasteiger partial charge in [-0.25, -0.2) is 5.43 Å². The zero-order valence-electron chi connectivity index (χ0n) is 18.2. The van der Waals surface area contributed by atoms with Gasteiger partial charge in [0.25, 0.3) is 5.69 Å². The fourth-order valence-electron chi connectivity index (χ4n) is 3.35. The molecule has 2 heterocycles. The van der Waals surface area contributed by atoms with Gasteiger partial charge in [-0.15, -0.1) is 0 Å². The Morgan fingerprint density at radius 1 is 1.15 bits per heavy atom. The normalized spacial score (nSPS) is 11.2. The summed E-state index contributed by atoms with van der Waals surface area (Å²) in [6, 6.07) is 13.6. The van der Waals surface area contributed by atoms with E-state index in [-0.39, 0.29) is 11.4 Å². The molecule has 4 rings (SSSR count). The second-order valence-corrected chi connectivity index (χ2v) is 7.34. The lowest BCUT2D eigenvalue weighted by Crippen LogP contribution is -2.16. The predicted molar refractivity (Wildman–Crippen MR) is 123 cm³/mol. The number of amides is 1. The minimum Gasteiger partial charge on any atom is -0.494 e. The van der Waals surface area contributed by atoms with Crippen LogP contribution in [-0.4, -0.2) is 23.7 Å². The van der Waals surface area contributed by atoms with Gasteiger partial charge in [0.05, 0.1) is 17.7 Å². The fourth-order valence-corrected chi connectivity index (χ4v) is 3.35. The van der Waals surface area contributed by atoms with E-state index < -0.39 is 10.8 Å². The monoisotopic (exact) mass is 447 g/mol. The number of fused-ring (bicyclic) bond motifs is 1. The van der Waals surface area contributed by atoms with E-state index in [0.29, 0.717) is 40.6 Å². The maximum atomic E-state index is 12.4. The van der Waals surface area contributed by atoms with Gasteiger partial charge in [0.2, 0.25) is 0 Å². The standard InChI is InChI=1S/C24H21N3O6/c1-4-31-18-5-7-22-17(10-18)12-23(33-22)24(28)26-25-13-19-6-8-21(32-19)16-9-14(2)15(3)20(11-16)27(29)30/h5-13H,4H2,1-3H3,(H,26,28)/b25-13+. The molecule has 0 radical (unpaired) electrons. The SMILES string of the molecule is CCOc1ccc2oc(C(=O)N/N=C/c3ccc(-c4cc(C)c(C)c([N+](=O)[O-])c4)o3)cc2c1. The van der Waals surface area contributed by atoms with Crippen LogP contribution in [0.1, 0.15) is 34.4 Å². The van der Waals surface area contributed by atoms with E-state index in [2.05, 4.69) is 10.5 Å². The van der Waals surface area contributed by atoms with Crippen molar-refractivity contribution in [2.75, 3.05) is 6.61 Å². The third-order valence-corrected chi connectivity index (χ3v) is 5.13. The molecule has 0 fully saturated rings. The van der Waals surface area contributed by atoms with Crippen LogP contribution in [0.25, 0.3) is 22.3 Å². The molecule has 0 atom stereocenters. The van der Waals surface area contributed by atoms with Gasteiger partial charge in [-0.05, 0) is 68.8 Å². The molecule has 168 valence electrons. The Kier molecular flexibility index (Phi) is 5.95. The summed E-state index contributed by atoms with van der Waals surface area (Å²) >= 11 is 0. The predicted octanol–water partition coefficient (Wildman–Crippen LogP) is 5.38. The first-order chi connectivity index (χ1) is 15.9. The van der Waals surface area contributed by atoms with Gasteiger partial charge in [0, 0.05) is 22.6 Å². The molecule has 4 aromatic rings. The molecule has 1 N–H and O–H groups in total. The van der Waals surface area contributed by atoms with Crippen LogP contribution in [0.5, 0.6) is 5.75 Å². The molecule has 0 aliphatic rings. The third kappa shape index (κ3) is 4.62. The number of carbonyl (C=O) groups excluding carboxylic acids is 1. The Balaban J connectivity index is 1.46. The van der Waals surface area contributed by atoms with Crippen LogP contribution in [-0.2, 0) is 0 Å². The van der Waals surface area contributed by atoms with Gasteiger partial charge in [-0.1, -0.05) is 0 Å². The van der Waals surface area contributed by atoms with E-state index in [0.717, 1.165) is 10.9 Å². The van der Waals surface area contributed by atoms with Crippen molar-refractivity contribution in [3.63, 3.8) is 0 Å². The van der Waals surface area contributed by atoms with Crippen molar-refractivity contribution in [2.45, 2.75) is 20.8 Å². The van der Waals surface area contributed by atoms with Gasteiger partial charge < -0.3 is 13.6 Å². The minimum absolute atomic E-state index is 0.0306. The van der Waals surface area contributed by atoms with Gasteiger partial charge in [0.1, 0.15) is 22.9 Å². The molecule has 0 spiro atoms. The van der Waals surface area contributed by atoms with Crippen molar-refractivity contribution in [1.29, 1.82) is 0 Å². The summed E-state index contributed by atoms with van der Waals surface area (Å²) in [5.41, 5.74) is 4.97. The first-order valence-electron chi connectivity index (χ1n) is 10.2. The number of benzene rings is 2. The first kappa shape index (κ1) is 21.8. The number of rotatable bonds is 7. The van der Waals surface area contributed by atoms with Crippen LogP contribution < -0.4 is 10.2 Å². The second kappa shape index (κ2) is 8.99. The zero-order chi connectivity index (χ0) is 23.5. The van der Waals surface area contributed by atoms with Crippen molar-refractivity contribution in [3.05, 3.63) is 81.3 Å². The fraction of sp³-hybridized carbons (Fsp3) is 0.167. The Hall–Kier alpha value is -4.40. The van der Waals surface area contributed by atoms with Crippen molar-refractivity contribution in [2.24, 2.45) is 5.10 Å². The van der Waals surface area contributed by atoms with Crippen LogP contribution in [0.2, 0.25) is 0 Å². The van der Waals surface area contributed by atoms with Crippen molar-refractivity contribution in [1.82, 2.24) is 5.43 Å². The highest BCUT2D eigenvalue weighted by molar-refractivity contribution is 5.96. The first-order valence-corrected chi connectivity index (χ1v) is 10.2. The number of furan rings is 2. The molecule has 0 saturated carbocycles. The van der Waals surface area contributed by atoms with Crippen molar-refractivity contribution < 1.29 is 23.3 Å². The number of carbonyl (C=O) groups is 1. The van der Waals surface area contributed by atoms with Crippen LogP contribution in [0.15, 0.2) is 62.5 Å². The van der Waals surface area contributed by atoms with E-state index in [9.17, 15) is 14.9 Å². The summed E-state index contributed by atoms with van der Waals surface area (Å²) in [5, 5.41) is 15.9. The molecule has 2 aromatic carbocycles. The number of hydrogen-bond donors (Lipinski definition) is 1. The Bertz CT molecular complexity index is 1380. The van der Waals surface area contributed by atoms with Gasteiger partial charge in [-0.2, -0.15) is 5.10 Å².